The van der Waals surface area contributed by atoms with E-state index < -0.39 is 10.0 Å². The van der Waals surface area contributed by atoms with Crippen molar-refractivity contribution < 1.29 is 17.9 Å². The molecule has 0 aliphatic rings. The summed E-state index contributed by atoms with van der Waals surface area (Å²) in [6.45, 7) is 0.942. The van der Waals surface area contributed by atoms with Crippen LogP contribution in [0.3, 0.4) is 0 Å². The molecule has 3 aromatic carbocycles. The van der Waals surface area contributed by atoms with Gasteiger partial charge >= 0.3 is 0 Å². The number of ether oxygens (including phenoxy) is 1. The molecule has 0 radical (unpaired) electrons. The smallest absolute Gasteiger partial charge is 0.255 e. The van der Waals surface area contributed by atoms with Gasteiger partial charge in [-0.15, -0.1) is 0 Å². The van der Waals surface area contributed by atoms with Gasteiger partial charge in [-0.1, -0.05) is 30.3 Å². The largest absolute Gasteiger partial charge is 0.496 e. The Morgan fingerprint density at radius 2 is 1.73 bits per heavy atom. The van der Waals surface area contributed by atoms with E-state index in [0.29, 0.717) is 11.3 Å². The molecule has 0 aromatic heterocycles. The number of amides is 1. The summed E-state index contributed by atoms with van der Waals surface area (Å²) in [6.07, 6.45) is 1.75. The molecule has 3 aromatic rings. The number of rotatable bonds is 9. The van der Waals surface area contributed by atoms with Crippen molar-refractivity contribution in [3.05, 3.63) is 77.9 Å². The van der Waals surface area contributed by atoms with E-state index >= 15 is 0 Å². The molecule has 0 unspecified atom stereocenters. The van der Waals surface area contributed by atoms with Crippen LogP contribution >= 0.6 is 0 Å². The topological polar surface area (TPSA) is 102 Å². The Morgan fingerprint density at radius 3 is 2.36 bits per heavy atom. The van der Waals surface area contributed by atoms with Crippen LogP contribution in [0.15, 0.2) is 71.6 Å². The maximum Gasteiger partial charge on any atom is 0.255 e. The van der Waals surface area contributed by atoms with Gasteiger partial charge in [-0.25, -0.2) is 13.6 Å². The van der Waals surface area contributed by atoms with Crippen LogP contribution in [0.25, 0.3) is 11.1 Å². The molecule has 8 heteroatoms. The average molecular weight is 468 g/mol. The number of anilines is 1. The van der Waals surface area contributed by atoms with Gasteiger partial charge < -0.3 is 15.0 Å². The van der Waals surface area contributed by atoms with Gasteiger partial charge in [0.2, 0.25) is 10.0 Å². The number of nitrogens with two attached hydrogens (primary N) is 1. The lowest BCUT2D eigenvalue weighted by Gasteiger charge is -2.14. The summed E-state index contributed by atoms with van der Waals surface area (Å²) in [7, 11) is 1.91. The van der Waals surface area contributed by atoms with Crippen molar-refractivity contribution in [1.29, 1.82) is 0 Å². The van der Waals surface area contributed by atoms with Crippen molar-refractivity contribution in [3.63, 3.8) is 0 Å². The fraction of sp³-hybridized carbons (Fsp3) is 0.240. The minimum atomic E-state index is -3.77. The number of sulfonamides is 1. The van der Waals surface area contributed by atoms with Crippen molar-refractivity contribution >= 4 is 21.6 Å². The molecule has 174 valence electrons. The number of carbonyl (C=O) groups excluding carboxylic acids is 1. The number of benzene rings is 3. The molecule has 3 rings (SSSR count). The quantitative estimate of drug-likeness (QED) is 0.499. The minimum Gasteiger partial charge on any atom is -0.496 e. The highest BCUT2D eigenvalue weighted by molar-refractivity contribution is 7.89. The zero-order chi connectivity index (χ0) is 24.0. The number of nitrogens with one attached hydrogen (secondary N) is 1. The number of nitrogens with zero attached hydrogens (tertiary/aromatic N) is 1. The van der Waals surface area contributed by atoms with Crippen molar-refractivity contribution in [3.8, 4) is 16.9 Å². The predicted octanol–water partition coefficient (Wildman–Crippen LogP) is 3.76. The van der Waals surface area contributed by atoms with E-state index in [9.17, 15) is 13.2 Å². The Hall–Kier alpha value is -3.20. The van der Waals surface area contributed by atoms with E-state index in [0.717, 1.165) is 41.8 Å². The third-order valence-electron chi connectivity index (χ3n) is 5.26. The maximum atomic E-state index is 13.1. The lowest BCUT2D eigenvalue weighted by atomic mass is 10.0. The summed E-state index contributed by atoms with van der Waals surface area (Å²) in [5.41, 5.74) is 3.67. The van der Waals surface area contributed by atoms with Crippen LogP contribution in [0.2, 0.25) is 0 Å². The van der Waals surface area contributed by atoms with Crippen molar-refractivity contribution in [1.82, 2.24) is 4.90 Å². The van der Waals surface area contributed by atoms with Crippen molar-refractivity contribution in [2.24, 2.45) is 5.14 Å². The maximum absolute atomic E-state index is 13.1. The fourth-order valence-corrected chi connectivity index (χ4v) is 4.08. The molecule has 7 nitrogen and oxygen atoms in total. The molecule has 0 fully saturated rings. The molecule has 33 heavy (non-hydrogen) atoms. The number of methoxy groups -OCH3 is 1. The van der Waals surface area contributed by atoms with Crippen LogP contribution in [-0.2, 0) is 16.4 Å². The van der Waals surface area contributed by atoms with Gasteiger partial charge in [0.05, 0.1) is 12.0 Å². The number of hydrogen-bond acceptors (Lipinski definition) is 5. The van der Waals surface area contributed by atoms with Gasteiger partial charge in [-0.3, -0.25) is 4.79 Å². The summed E-state index contributed by atoms with van der Waals surface area (Å²) in [5, 5.41) is 8.17. The first-order valence-corrected chi connectivity index (χ1v) is 12.1. The van der Waals surface area contributed by atoms with E-state index in [1.54, 1.807) is 25.3 Å². The van der Waals surface area contributed by atoms with Gasteiger partial charge in [0.25, 0.3) is 5.91 Å². The SMILES string of the molecule is COc1ccc(C(=O)Nc2ccccc2-c2ccc(S(N)(=O)=O)cc2)cc1CCCN(C)C. The van der Waals surface area contributed by atoms with Crippen molar-refractivity contribution in [2.45, 2.75) is 17.7 Å². The van der Waals surface area contributed by atoms with E-state index in [1.807, 2.05) is 50.5 Å². The fourth-order valence-electron chi connectivity index (χ4n) is 3.56. The van der Waals surface area contributed by atoms with Gasteiger partial charge in [-0.05, 0) is 81.0 Å². The Kier molecular flexibility index (Phi) is 7.86. The summed E-state index contributed by atoms with van der Waals surface area (Å²) >= 11 is 0. The Balaban J connectivity index is 1.84. The second kappa shape index (κ2) is 10.6. The normalized spacial score (nSPS) is 11.4. The number of aryl methyl sites for hydroxylation is 1. The second-order valence-electron chi connectivity index (χ2n) is 8.00. The summed E-state index contributed by atoms with van der Waals surface area (Å²) in [5.74, 6) is 0.528. The molecule has 0 aliphatic carbocycles. The van der Waals surface area contributed by atoms with Gasteiger partial charge in [0.15, 0.2) is 0 Å². The molecule has 0 atom stereocenters. The Labute approximate surface area is 195 Å². The zero-order valence-corrected chi connectivity index (χ0v) is 19.9. The molecule has 0 heterocycles. The van der Waals surface area contributed by atoms with Gasteiger partial charge in [0.1, 0.15) is 5.75 Å². The summed E-state index contributed by atoms with van der Waals surface area (Å²) < 4.78 is 28.5. The van der Waals surface area contributed by atoms with Crippen LogP contribution in [0, 0.1) is 0 Å². The lowest BCUT2D eigenvalue weighted by Crippen LogP contribution is -2.15. The first kappa shape index (κ1) is 24.4. The monoisotopic (exact) mass is 467 g/mol. The molecule has 0 saturated heterocycles. The first-order valence-electron chi connectivity index (χ1n) is 10.5. The third-order valence-corrected chi connectivity index (χ3v) is 6.19. The number of para-hydroxylation sites is 1. The van der Waals surface area contributed by atoms with Crippen LogP contribution in [-0.4, -0.2) is 47.0 Å². The number of hydrogen-bond donors (Lipinski definition) is 2. The highest BCUT2D eigenvalue weighted by atomic mass is 32.2. The molecule has 0 aliphatic heterocycles. The highest BCUT2D eigenvalue weighted by Gasteiger charge is 2.14. The summed E-state index contributed by atoms with van der Waals surface area (Å²) in [4.78, 5) is 15.2. The molecular weight excluding hydrogens is 438 g/mol. The van der Waals surface area contributed by atoms with E-state index in [4.69, 9.17) is 9.88 Å². The average Bonchev–Trinajstić information content (AvgIpc) is 2.78. The minimum absolute atomic E-state index is 0.0350. The Morgan fingerprint density at radius 1 is 1.03 bits per heavy atom. The molecule has 0 bridgehead atoms. The van der Waals surface area contributed by atoms with Crippen molar-refractivity contribution in [2.75, 3.05) is 33.1 Å². The lowest BCUT2D eigenvalue weighted by molar-refractivity contribution is 0.102. The number of carbonyl (C=O) groups is 1. The standard InChI is InChI=1S/C25H29N3O4S/c1-28(2)16-6-7-19-17-20(12-15-24(19)32-3)25(29)27-23-9-5-4-8-22(23)18-10-13-21(14-11-18)33(26,30)31/h4-5,8-15,17H,6-7,16H2,1-3H3,(H,27,29)(H2,26,30,31). The zero-order valence-electron chi connectivity index (χ0n) is 19.0. The van der Waals surface area contributed by atoms with Gasteiger partial charge in [0, 0.05) is 16.8 Å². The predicted molar refractivity (Wildman–Crippen MR) is 131 cm³/mol. The van der Waals surface area contributed by atoms with Crippen LogP contribution < -0.4 is 15.2 Å². The number of primary sulfonamides is 1. The summed E-state index contributed by atoms with van der Waals surface area (Å²) in [6, 6.07) is 19.0. The van der Waals surface area contributed by atoms with E-state index in [-0.39, 0.29) is 10.8 Å². The van der Waals surface area contributed by atoms with Gasteiger partial charge in [-0.2, -0.15) is 0 Å². The highest BCUT2D eigenvalue weighted by Crippen LogP contribution is 2.29. The molecule has 1 amide bonds. The molecule has 0 spiro atoms. The van der Waals surface area contributed by atoms with Crippen LogP contribution in [0.4, 0.5) is 5.69 Å². The first-order chi connectivity index (χ1) is 15.7. The molecule has 3 N–H and O–H groups in total. The third kappa shape index (κ3) is 6.41. The second-order valence-corrected chi connectivity index (χ2v) is 9.56. The Bertz CT molecular complexity index is 1220. The molecular formula is C25H29N3O4S. The van der Waals surface area contributed by atoms with Crippen LogP contribution in [0.1, 0.15) is 22.3 Å². The van der Waals surface area contributed by atoms with E-state index in [1.165, 1.54) is 12.1 Å². The molecule has 0 saturated carbocycles. The van der Waals surface area contributed by atoms with Crippen LogP contribution in [0.5, 0.6) is 5.75 Å². The van der Waals surface area contributed by atoms with E-state index in [2.05, 4.69) is 10.2 Å².